The van der Waals surface area contributed by atoms with E-state index in [1.807, 2.05) is 0 Å². The second-order valence-corrected chi connectivity index (χ2v) is 11.7. The number of rotatable bonds is 1. The lowest BCUT2D eigenvalue weighted by Gasteiger charge is -2.58. The maximum absolute atomic E-state index is 11.3. The van der Waals surface area contributed by atoms with E-state index >= 15 is 0 Å². The summed E-state index contributed by atoms with van der Waals surface area (Å²) in [5.41, 5.74) is 3.10. The molecular weight excluding hydrogens is 360 g/mol. The van der Waals surface area contributed by atoms with Gasteiger partial charge in [-0.2, -0.15) is 0 Å². The molecule has 6 unspecified atom stereocenters. The summed E-state index contributed by atoms with van der Waals surface area (Å²) in [6.45, 7) is 9.42. The number of aliphatic hydroxyl groups excluding tert-OH is 2. The molecule has 162 valence electrons. The smallest absolute Gasteiger partial charge is 0.0717 e. The lowest BCUT2D eigenvalue weighted by Crippen LogP contribution is -2.53. The Bertz CT molecular complexity index is 740. The zero-order valence-corrected chi connectivity index (χ0v) is 18.8. The SMILES string of the molecule is C[C@@H]1CCC(C)(C2C(O)CC3C4CC=C5C[C@@H](O)CCC=C5C4(C)CC[C@@]32C)O1. The molecular formula is C26H40O3. The van der Waals surface area contributed by atoms with E-state index in [0.717, 1.165) is 44.9 Å². The summed E-state index contributed by atoms with van der Waals surface area (Å²) >= 11 is 0. The Kier molecular flexibility index (Phi) is 4.67. The van der Waals surface area contributed by atoms with Crippen LogP contribution in [0.3, 0.4) is 0 Å². The molecule has 2 N–H and O–H groups in total. The van der Waals surface area contributed by atoms with Crippen molar-refractivity contribution in [1.29, 1.82) is 0 Å². The van der Waals surface area contributed by atoms with Crippen LogP contribution in [0.5, 0.6) is 0 Å². The van der Waals surface area contributed by atoms with Crippen molar-refractivity contribution in [3.8, 4) is 0 Å². The fourth-order valence-corrected chi connectivity index (χ4v) is 8.70. The highest BCUT2D eigenvalue weighted by Gasteiger charge is 2.65. The molecule has 3 fully saturated rings. The number of hydrogen-bond acceptors (Lipinski definition) is 3. The maximum atomic E-state index is 11.3. The second-order valence-electron chi connectivity index (χ2n) is 11.7. The molecule has 0 aromatic heterocycles. The molecule has 2 saturated carbocycles. The van der Waals surface area contributed by atoms with Crippen molar-refractivity contribution in [2.75, 3.05) is 0 Å². The quantitative estimate of drug-likeness (QED) is 0.639. The lowest BCUT2D eigenvalue weighted by atomic mass is 9.47. The molecule has 1 saturated heterocycles. The van der Waals surface area contributed by atoms with Gasteiger partial charge in [-0.25, -0.2) is 0 Å². The molecule has 5 rings (SSSR count). The molecule has 3 heteroatoms. The first-order valence-electron chi connectivity index (χ1n) is 12.1. The third-order valence-electron chi connectivity index (χ3n) is 9.98. The molecule has 0 amide bonds. The fourth-order valence-electron chi connectivity index (χ4n) is 8.70. The van der Waals surface area contributed by atoms with Gasteiger partial charge in [-0.15, -0.1) is 0 Å². The summed E-state index contributed by atoms with van der Waals surface area (Å²) in [5, 5.41) is 21.7. The average molecular weight is 401 g/mol. The Morgan fingerprint density at radius 2 is 1.79 bits per heavy atom. The normalized spacial score (nSPS) is 54.7. The van der Waals surface area contributed by atoms with Gasteiger partial charge in [-0.1, -0.05) is 26.0 Å². The molecule has 29 heavy (non-hydrogen) atoms. The van der Waals surface area contributed by atoms with Crippen LogP contribution in [-0.4, -0.2) is 34.1 Å². The van der Waals surface area contributed by atoms with Gasteiger partial charge in [0.15, 0.2) is 0 Å². The van der Waals surface area contributed by atoms with Crippen molar-refractivity contribution in [2.45, 2.75) is 109 Å². The third-order valence-corrected chi connectivity index (χ3v) is 9.98. The van der Waals surface area contributed by atoms with E-state index in [4.69, 9.17) is 4.74 Å². The first-order valence-corrected chi connectivity index (χ1v) is 12.1. The van der Waals surface area contributed by atoms with Gasteiger partial charge in [-0.3, -0.25) is 0 Å². The van der Waals surface area contributed by atoms with E-state index in [0.29, 0.717) is 17.9 Å². The fraction of sp³-hybridized carbons (Fsp3) is 0.846. The van der Waals surface area contributed by atoms with Crippen LogP contribution in [0.25, 0.3) is 0 Å². The van der Waals surface area contributed by atoms with Crippen LogP contribution >= 0.6 is 0 Å². The van der Waals surface area contributed by atoms with E-state index in [-0.39, 0.29) is 34.6 Å². The highest BCUT2D eigenvalue weighted by molar-refractivity contribution is 5.42. The lowest BCUT2D eigenvalue weighted by molar-refractivity contribution is -0.138. The number of fused-ring (bicyclic) bond motifs is 5. The number of aliphatic hydroxyl groups is 2. The zero-order valence-electron chi connectivity index (χ0n) is 18.8. The molecule has 9 atom stereocenters. The minimum absolute atomic E-state index is 0.151. The predicted molar refractivity (Wildman–Crippen MR) is 115 cm³/mol. The van der Waals surface area contributed by atoms with Gasteiger partial charge < -0.3 is 14.9 Å². The van der Waals surface area contributed by atoms with Crippen LogP contribution < -0.4 is 0 Å². The summed E-state index contributed by atoms with van der Waals surface area (Å²) < 4.78 is 6.48. The van der Waals surface area contributed by atoms with Crippen LogP contribution in [-0.2, 0) is 4.74 Å². The van der Waals surface area contributed by atoms with Crippen LogP contribution in [0.2, 0.25) is 0 Å². The van der Waals surface area contributed by atoms with Gasteiger partial charge in [0, 0.05) is 5.92 Å². The summed E-state index contributed by atoms with van der Waals surface area (Å²) in [5.74, 6) is 1.38. The van der Waals surface area contributed by atoms with Crippen LogP contribution in [0.4, 0.5) is 0 Å². The van der Waals surface area contributed by atoms with E-state index in [2.05, 4.69) is 39.8 Å². The number of hydrogen-bond donors (Lipinski definition) is 2. The molecule has 0 aromatic rings. The molecule has 1 aliphatic heterocycles. The predicted octanol–water partition coefficient (Wildman–Crippen LogP) is 5.16. The first kappa shape index (κ1) is 20.3. The Morgan fingerprint density at radius 1 is 1.00 bits per heavy atom. The summed E-state index contributed by atoms with van der Waals surface area (Å²) in [6, 6.07) is 0. The van der Waals surface area contributed by atoms with E-state index in [1.54, 1.807) is 0 Å². The second kappa shape index (κ2) is 6.68. The van der Waals surface area contributed by atoms with E-state index < -0.39 is 0 Å². The zero-order chi connectivity index (χ0) is 20.6. The minimum Gasteiger partial charge on any atom is -0.393 e. The van der Waals surface area contributed by atoms with Crippen LogP contribution in [0.1, 0.15) is 85.5 Å². The molecule has 0 radical (unpaired) electrons. The topological polar surface area (TPSA) is 49.7 Å². The third kappa shape index (κ3) is 2.87. The van der Waals surface area contributed by atoms with Crippen molar-refractivity contribution in [1.82, 2.24) is 0 Å². The van der Waals surface area contributed by atoms with Crippen molar-refractivity contribution >= 4 is 0 Å². The van der Waals surface area contributed by atoms with Crippen molar-refractivity contribution in [3.63, 3.8) is 0 Å². The van der Waals surface area contributed by atoms with Crippen molar-refractivity contribution in [2.24, 2.45) is 28.6 Å². The highest BCUT2D eigenvalue weighted by atomic mass is 16.5. The van der Waals surface area contributed by atoms with Gasteiger partial charge >= 0.3 is 0 Å². The number of ether oxygens (including phenoxy) is 1. The summed E-state index contributed by atoms with van der Waals surface area (Å²) in [6.07, 6.45) is 14.0. The van der Waals surface area contributed by atoms with E-state index in [9.17, 15) is 10.2 Å². The van der Waals surface area contributed by atoms with Gasteiger partial charge in [-0.05, 0) is 105 Å². The first-order chi connectivity index (χ1) is 13.7. The highest BCUT2D eigenvalue weighted by Crippen LogP contribution is 2.69. The molecule has 5 aliphatic rings. The van der Waals surface area contributed by atoms with E-state index in [1.165, 1.54) is 24.0 Å². The molecule has 4 aliphatic carbocycles. The van der Waals surface area contributed by atoms with Gasteiger partial charge in [0.05, 0.1) is 23.9 Å². The molecule has 0 spiro atoms. The Morgan fingerprint density at radius 3 is 2.52 bits per heavy atom. The molecule has 3 nitrogen and oxygen atoms in total. The Hall–Kier alpha value is -0.640. The Balaban J connectivity index is 1.50. The summed E-state index contributed by atoms with van der Waals surface area (Å²) in [7, 11) is 0. The van der Waals surface area contributed by atoms with Crippen molar-refractivity contribution < 1.29 is 14.9 Å². The Labute approximate surface area is 176 Å². The average Bonchev–Trinajstić information content (AvgIpc) is 3.03. The van der Waals surface area contributed by atoms with Gasteiger partial charge in [0.25, 0.3) is 0 Å². The standard InChI is InChI=1S/C26H40O3/c1-16-10-11-26(4,29-16)23-22(28)15-21-20-9-8-17-14-18(27)6-5-7-19(17)24(20,2)12-13-25(21,23)3/h7-8,16,18,20-23,27-28H,5-6,9-15H2,1-4H3/t16-,18+,20?,21?,22?,23?,24?,25+,26?/m1/s1. The largest absolute Gasteiger partial charge is 0.393 e. The molecule has 0 bridgehead atoms. The monoisotopic (exact) mass is 400 g/mol. The minimum atomic E-state index is -0.252. The van der Waals surface area contributed by atoms with Gasteiger partial charge in [0.1, 0.15) is 0 Å². The number of allylic oxidation sites excluding steroid dienone is 3. The maximum Gasteiger partial charge on any atom is 0.0717 e. The van der Waals surface area contributed by atoms with Crippen molar-refractivity contribution in [3.05, 3.63) is 23.3 Å². The van der Waals surface area contributed by atoms with Crippen LogP contribution in [0.15, 0.2) is 23.3 Å². The van der Waals surface area contributed by atoms with Crippen LogP contribution in [0, 0.1) is 28.6 Å². The molecule has 1 heterocycles. The van der Waals surface area contributed by atoms with Gasteiger partial charge in [0.2, 0.25) is 0 Å². The molecule has 0 aromatic carbocycles. The summed E-state index contributed by atoms with van der Waals surface area (Å²) in [4.78, 5) is 0.